The second-order valence-electron chi connectivity index (χ2n) is 10.1. The molecule has 1 aromatic heterocycles. The number of carbonyl (C=O) groups is 4. The summed E-state index contributed by atoms with van der Waals surface area (Å²) < 4.78 is 10.2. The molecule has 7 N–H and O–H groups in total. The Bertz CT molecular complexity index is 1390. The summed E-state index contributed by atoms with van der Waals surface area (Å²) in [7, 11) is 0. The van der Waals surface area contributed by atoms with E-state index in [1.807, 2.05) is 17.0 Å². The number of hydrogen-bond donors (Lipinski definition) is 5. The Kier molecular flexibility index (Phi) is 10.2. The Morgan fingerprint density at radius 1 is 1.07 bits per heavy atom. The van der Waals surface area contributed by atoms with E-state index in [0.717, 1.165) is 5.56 Å². The van der Waals surface area contributed by atoms with E-state index in [1.165, 1.54) is 0 Å². The van der Waals surface area contributed by atoms with Crippen molar-refractivity contribution in [1.29, 1.82) is 0 Å². The van der Waals surface area contributed by atoms with Gasteiger partial charge in [0.25, 0.3) is 11.8 Å². The molecule has 1 spiro atoms. The lowest BCUT2D eigenvalue weighted by Gasteiger charge is -2.39. The summed E-state index contributed by atoms with van der Waals surface area (Å²) in [4.78, 5) is 62.6. The number of guanidine groups is 1. The number of aliphatic imine (C=N–C) groups is 1. The van der Waals surface area contributed by atoms with Crippen LogP contribution < -0.4 is 32.2 Å². The molecule has 16 heteroatoms. The third-order valence-corrected chi connectivity index (χ3v) is 7.27. The van der Waals surface area contributed by atoms with E-state index in [-0.39, 0.29) is 53.0 Å². The van der Waals surface area contributed by atoms with E-state index in [9.17, 15) is 19.2 Å². The van der Waals surface area contributed by atoms with Crippen molar-refractivity contribution in [1.82, 2.24) is 30.8 Å². The fourth-order valence-electron chi connectivity index (χ4n) is 4.61. The molecule has 0 saturated carbocycles. The molecule has 0 unspecified atom stereocenters. The quantitative estimate of drug-likeness (QED) is 0.225. The minimum Gasteiger partial charge on any atom is -0.482 e. The van der Waals surface area contributed by atoms with E-state index >= 15 is 0 Å². The SMILES string of the molecule is CCNC(=O)COC(=O)COc1ccc(CCC(=O)N2CCC3(CC2)CN=C(NC(=O)c2nc(Cl)c(N)nc2N)N3)cc1. The number of anilines is 2. The highest BCUT2D eigenvalue weighted by Gasteiger charge is 2.40. The zero-order chi connectivity index (χ0) is 31.0. The monoisotopic (exact) mass is 615 g/mol. The average molecular weight is 616 g/mol. The highest BCUT2D eigenvalue weighted by Crippen LogP contribution is 2.26. The molecule has 230 valence electrons. The summed E-state index contributed by atoms with van der Waals surface area (Å²) in [6, 6.07) is 7.10. The Hall–Kier alpha value is -4.66. The second kappa shape index (κ2) is 14.0. The van der Waals surface area contributed by atoms with Crippen molar-refractivity contribution in [3.05, 3.63) is 40.7 Å². The van der Waals surface area contributed by atoms with Crippen LogP contribution in [-0.2, 0) is 25.5 Å². The summed E-state index contributed by atoms with van der Waals surface area (Å²) in [5.74, 6) is -1.02. The van der Waals surface area contributed by atoms with E-state index in [1.54, 1.807) is 19.1 Å². The van der Waals surface area contributed by atoms with Crippen LogP contribution in [0.5, 0.6) is 5.75 Å². The number of benzene rings is 1. The van der Waals surface area contributed by atoms with Gasteiger partial charge >= 0.3 is 5.97 Å². The number of nitrogens with two attached hydrogens (primary N) is 2. The maximum Gasteiger partial charge on any atom is 0.344 e. The third-order valence-electron chi connectivity index (χ3n) is 6.99. The predicted octanol–water partition coefficient (Wildman–Crippen LogP) is 0.0355. The van der Waals surface area contributed by atoms with Gasteiger partial charge in [0.1, 0.15) is 5.75 Å². The van der Waals surface area contributed by atoms with Gasteiger partial charge in [-0.3, -0.25) is 24.7 Å². The van der Waals surface area contributed by atoms with Gasteiger partial charge in [-0.25, -0.2) is 14.8 Å². The van der Waals surface area contributed by atoms with Gasteiger partial charge in [0.15, 0.2) is 41.7 Å². The zero-order valence-corrected chi connectivity index (χ0v) is 24.4. The lowest BCUT2D eigenvalue weighted by Crippen LogP contribution is -2.57. The summed E-state index contributed by atoms with van der Waals surface area (Å²) >= 11 is 5.87. The third kappa shape index (κ3) is 8.44. The molecule has 2 aliphatic heterocycles. The number of aromatic nitrogens is 2. The number of amides is 3. The van der Waals surface area contributed by atoms with Crippen LogP contribution >= 0.6 is 11.6 Å². The van der Waals surface area contributed by atoms with Crippen LogP contribution in [0.2, 0.25) is 5.15 Å². The van der Waals surface area contributed by atoms with Crippen LogP contribution in [0.25, 0.3) is 0 Å². The predicted molar refractivity (Wildman–Crippen MR) is 157 cm³/mol. The van der Waals surface area contributed by atoms with Crippen molar-refractivity contribution in [2.75, 3.05) is 50.9 Å². The van der Waals surface area contributed by atoms with Crippen LogP contribution in [0.15, 0.2) is 29.3 Å². The van der Waals surface area contributed by atoms with Crippen LogP contribution in [0.1, 0.15) is 42.2 Å². The topological polar surface area (TPSA) is 216 Å². The normalized spacial score (nSPS) is 15.3. The molecule has 1 aromatic carbocycles. The number of hydrogen-bond acceptors (Lipinski definition) is 12. The van der Waals surface area contributed by atoms with Crippen LogP contribution in [0.4, 0.5) is 11.6 Å². The second-order valence-corrected chi connectivity index (χ2v) is 10.4. The number of nitrogen functional groups attached to an aromatic ring is 2. The number of piperidine rings is 1. The molecule has 3 amide bonds. The summed E-state index contributed by atoms with van der Waals surface area (Å²) in [6.07, 6.45) is 2.22. The van der Waals surface area contributed by atoms with Gasteiger partial charge in [0.2, 0.25) is 5.91 Å². The lowest BCUT2D eigenvalue weighted by molar-refractivity contribution is -0.150. The first-order valence-electron chi connectivity index (χ1n) is 13.7. The highest BCUT2D eigenvalue weighted by atomic mass is 35.5. The van der Waals surface area contributed by atoms with Crippen LogP contribution in [0.3, 0.4) is 0 Å². The molecule has 1 saturated heterocycles. The molecule has 0 aliphatic carbocycles. The maximum absolute atomic E-state index is 12.9. The van der Waals surface area contributed by atoms with Gasteiger partial charge < -0.3 is 36.5 Å². The molecule has 2 aliphatic rings. The minimum atomic E-state index is -0.645. The Morgan fingerprint density at radius 2 is 1.79 bits per heavy atom. The molecule has 43 heavy (non-hydrogen) atoms. The highest BCUT2D eigenvalue weighted by molar-refractivity contribution is 6.31. The number of esters is 1. The number of nitrogens with zero attached hydrogens (tertiary/aromatic N) is 4. The number of nitrogens with one attached hydrogen (secondary N) is 3. The summed E-state index contributed by atoms with van der Waals surface area (Å²) in [6.45, 7) is 3.12. The number of ether oxygens (including phenoxy) is 2. The molecular formula is C27H34ClN9O6. The molecule has 3 heterocycles. The van der Waals surface area contributed by atoms with E-state index in [0.29, 0.717) is 63.6 Å². The molecule has 15 nitrogen and oxygen atoms in total. The van der Waals surface area contributed by atoms with Gasteiger partial charge in [0.05, 0.1) is 12.1 Å². The van der Waals surface area contributed by atoms with Gasteiger partial charge in [-0.15, -0.1) is 0 Å². The first-order valence-corrected chi connectivity index (χ1v) is 14.1. The van der Waals surface area contributed by atoms with Crippen molar-refractivity contribution >= 4 is 52.9 Å². The Morgan fingerprint density at radius 3 is 2.49 bits per heavy atom. The number of aryl methyl sites for hydroxylation is 1. The maximum atomic E-state index is 12.9. The molecule has 0 radical (unpaired) electrons. The molecule has 1 fully saturated rings. The average Bonchev–Trinajstić information content (AvgIpc) is 3.37. The molecule has 2 aromatic rings. The van der Waals surface area contributed by atoms with E-state index in [4.69, 9.17) is 32.5 Å². The van der Waals surface area contributed by atoms with Crippen molar-refractivity contribution in [2.24, 2.45) is 4.99 Å². The minimum absolute atomic E-state index is 0.0479. The Balaban J connectivity index is 1.16. The number of halogens is 1. The molecule has 0 atom stereocenters. The molecular weight excluding hydrogens is 582 g/mol. The summed E-state index contributed by atoms with van der Waals surface area (Å²) in [5, 5.41) is 8.35. The number of rotatable bonds is 10. The molecule has 0 bridgehead atoms. The van der Waals surface area contributed by atoms with Crippen molar-refractivity contribution in [3.8, 4) is 5.75 Å². The first kappa shape index (κ1) is 31.3. The van der Waals surface area contributed by atoms with E-state index < -0.39 is 11.9 Å². The van der Waals surface area contributed by atoms with Gasteiger partial charge in [-0.1, -0.05) is 23.7 Å². The van der Waals surface area contributed by atoms with Crippen molar-refractivity contribution < 1.29 is 28.7 Å². The van der Waals surface area contributed by atoms with Gasteiger partial charge in [0, 0.05) is 26.1 Å². The van der Waals surface area contributed by atoms with Gasteiger partial charge in [-0.05, 0) is 43.9 Å². The largest absolute Gasteiger partial charge is 0.482 e. The molecule has 4 rings (SSSR count). The fourth-order valence-corrected chi connectivity index (χ4v) is 4.74. The number of likely N-dealkylation sites (N-methyl/N-ethyl adjacent to an activating group) is 1. The first-order chi connectivity index (χ1) is 20.6. The number of carbonyl (C=O) groups excluding carboxylic acids is 4. The number of likely N-dealkylation sites (tertiary alicyclic amines) is 1. The summed E-state index contributed by atoms with van der Waals surface area (Å²) in [5.41, 5.74) is 11.8. The van der Waals surface area contributed by atoms with Crippen molar-refractivity contribution in [3.63, 3.8) is 0 Å². The van der Waals surface area contributed by atoms with Gasteiger partial charge in [-0.2, -0.15) is 0 Å². The zero-order valence-electron chi connectivity index (χ0n) is 23.7. The lowest BCUT2D eigenvalue weighted by atomic mass is 9.88. The van der Waals surface area contributed by atoms with Crippen molar-refractivity contribution in [2.45, 2.75) is 38.1 Å². The standard InChI is InChI=1S/C27H34ClN9O6/c1-2-31-18(38)13-43-20(40)14-42-17-6-3-16(4-7-17)5-8-19(39)37-11-9-27(10-12-37)15-32-26(36-27)35-25(41)21-23(29)34-24(30)22(28)33-21/h3-4,6-7H,2,5,8-15H2,1H3,(H,31,38)(H4,29,30,34)(H2,32,35,36,41). The van der Waals surface area contributed by atoms with E-state index in [2.05, 4.69) is 30.9 Å². The smallest absolute Gasteiger partial charge is 0.344 e. The Labute approximate surface area is 252 Å². The van der Waals surface area contributed by atoms with Crippen LogP contribution in [0, 0.1) is 0 Å². The van der Waals surface area contributed by atoms with Crippen LogP contribution in [-0.4, -0.2) is 89.4 Å². The fraction of sp³-hybridized carbons (Fsp3) is 0.444.